The van der Waals surface area contributed by atoms with Gasteiger partial charge in [-0.2, -0.15) is 0 Å². The van der Waals surface area contributed by atoms with E-state index in [1.807, 2.05) is 0 Å². The van der Waals surface area contributed by atoms with E-state index in [1.165, 1.54) is 21.0 Å². The van der Waals surface area contributed by atoms with Crippen molar-refractivity contribution >= 4 is 23.9 Å². The third kappa shape index (κ3) is 3.61. The first-order valence-electron chi connectivity index (χ1n) is 13.3. The van der Waals surface area contributed by atoms with Gasteiger partial charge in [0.05, 0.1) is 13.0 Å². The van der Waals surface area contributed by atoms with Gasteiger partial charge in [-0.05, 0) is 55.8 Å². The second-order valence-corrected chi connectivity index (χ2v) is 12.1. The number of esters is 4. The number of hydrogen-bond donors (Lipinski definition) is 0. The quantitative estimate of drug-likeness (QED) is 0.325. The minimum Gasteiger partial charge on any atom is -0.469 e. The molecule has 198 valence electrons. The summed E-state index contributed by atoms with van der Waals surface area (Å²) in [7, 11) is 1.41. The van der Waals surface area contributed by atoms with Crippen molar-refractivity contribution in [2.75, 3.05) is 7.11 Å². The summed E-state index contributed by atoms with van der Waals surface area (Å²) < 4.78 is 23.0. The van der Waals surface area contributed by atoms with E-state index in [2.05, 4.69) is 19.9 Å². The summed E-state index contributed by atoms with van der Waals surface area (Å²) in [5.41, 5.74) is -0.229. The number of carbonyl (C=O) groups is 4. The topological polar surface area (TPSA) is 105 Å². The molecule has 1 heterocycles. The van der Waals surface area contributed by atoms with Crippen LogP contribution in [0.25, 0.3) is 0 Å². The van der Waals surface area contributed by atoms with Gasteiger partial charge in [-0.1, -0.05) is 25.5 Å². The largest absolute Gasteiger partial charge is 0.469 e. The molecule has 1 saturated heterocycles. The minimum absolute atomic E-state index is 0.0888. The molecule has 9 atom stereocenters. The van der Waals surface area contributed by atoms with E-state index in [1.54, 1.807) is 0 Å². The van der Waals surface area contributed by atoms with E-state index >= 15 is 0 Å². The van der Waals surface area contributed by atoms with Gasteiger partial charge in [-0.15, -0.1) is 0 Å². The summed E-state index contributed by atoms with van der Waals surface area (Å²) in [5, 5.41) is 0. The molecule has 8 heteroatoms. The predicted molar refractivity (Wildman–Crippen MR) is 127 cm³/mol. The predicted octanol–water partition coefficient (Wildman–Crippen LogP) is 3.90. The fourth-order valence-corrected chi connectivity index (χ4v) is 9.03. The molecule has 0 aromatic rings. The highest BCUT2D eigenvalue weighted by atomic mass is 16.6. The SMILES string of the molecule is COC(=O)[C@@H]1C=C2C[C@@H](OC(C)=O)CC[C@]2(C)C2[C@@H]1[C@@H]1CC[C@@]3(CCC(=O)O3)[C@@]1(C)C[C@H]2OC(C)=O. The van der Waals surface area contributed by atoms with E-state index in [4.69, 9.17) is 18.9 Å². The van der Waals surface area contributed by atoms with Gasteiger partial charge < -0.3 is 18.9 Å². The molecule has 1 aliphatic heterocycles. The van der Waals surface area contributed by atoms with E-state index in [-0.39, 0.29) is 53.1 Å². The number of methoxy groups -OCH3 is 1. The first-order chi connectivity index (χ1) is 16.9. The molecule has 3 saturated carbocycles. The summed E-state index contributed by atoms with van der Waals surface area (Å²) in [4.78, 5) is 49.7. The van der Waals surface area contributed by atoms with Gasteiger partial charge in [0.25, 0.3) is 0 Å². The lowest BCUT2D eigenvalue weighted by Gasteiger charge is -2.62. The summed E-state index contributed by atoms with van der Waals surface area (Å²) in [6, 6.07) is 0. The van der Waals surface area contributed by atoms with Crippen LogP contribution in [0.4, 0.5) is 0 Å². The fraction of sp³-hybridized carbons (Fsp3) is 0.786. The van der Waals surface area contributed by atoms with Gasteiger partial charge in [0.2, 0.25) is 0 Å². The van der Waals surface area contributed by atoms with Crippen molar-refractivity contribution in [3.63, 3.8) is 0 Å². The lowest BCUT2D eigenvalue weighted by atomic mass is 9.44. The molecule has 0 aromatic carbocycles. The fourth-order valence-electron chi connectivity index (χ4n) is 9.03. The first-order valence-corrected chi connectivity index (χ1v) is 13.3. The highest BCUT2D eigenvalue weighted by Crippen LogP contribution is 2.70. The molecule has 8 nitrogen and oxygen atoms in total. The second kappa shape index (κ2) is 8.59. The zero-order chi connectivity index (χ0) is 26.0. The number of rotatable bonds is 3. The molecular weight excluding hydrogens is 464 g/mol. The Bertz CT molecular complexity index is 1020. The second-order valence-electron chi connectivity index (χ2n) is 12.1. The molecular formula is C28H38O8. The summed E-state index contributed by atoms with van der Waals surface area (Å²) in [6.45, 7) is 7.23. The molecule has 0 bridgehead atoms. The van der Waals surface area contributed by atoms with Crippen LogP contribution < -0.4 is 0 Å². The number of hydrogen-bond acceptors (Lipinski definition) is 8. The standard InChI is InChI=1S/C28H38O8/c1-15(29)34-18-6-9-26(3)17(12-18)13-19(25(32)33-5)23-20-7-10-28(11-8-22(31)36-28)27(20,4)14-21(24(23)26)35-16(2)30/h13,18-21,23-24H,6-12,14H2,1-5H3/t18-,19+,20-,21+,23-,24?,26-,27-,28+/m0/s1. The molecule has 4 fully saturated rings. The van der Waals surface area contributed by atoms with Crippen molar-refractivity contribution in [1.29, 1.82) is 0 Å². The molecule has 0 amide bonds. The maximum atomic E-state index is 13.3. The molecule has 36 heavy (non-hydrogen) atoms. The van der Waals surface area contributed by atoms with E-state index in [9.17, 15) is 19.2 Å². The van der Waals surface area contributed by atoms with E-state index < -0.39 is 23.0 Å². The van der Waals surface area contributed by atoms with E-state index in [0.717, 1.165) is 31.3 Å². The number of ether oxygens (including phenoxy) is 4. The molecule has 4 aliphatic carbocycles. The van der Waals surface area contributed by atoms with Crippen LogP contribution in [0.5, 0.6) is 0 Å². The Morgan fingerprint density at radius 3 is 2.36 bits per heavy atom. The van der Waals surface area contributed by atoms with Crippen molar-refractivity contribution in [1.82, 2.24) is 0 Å². The first kappa shape index (κ1) is 25.3. The third-order valence-corrected chi connectivity index (χ3v) is 10.5. The lowest BCUT2D eigenvalue weighted by molar-refractivity contribution is -0.204. The summed E-state index contributed by atoms with van der Waals surface area (Å²) in [5.74, 6) is -1.72. The Morgan fingerprint density at radius 1 is 1.03 bits per heavy atom. The zero-order valence-corrected chi connectivity index (χ0v) is 22.0. The highest BCUT2D eigenvalue weighted by molar-refractivity contribution is 5.76. The van der Waals surface area contributed by atoms with Crippen LogP contribution in [0.2, 0.25) is 0 Å². The van der Waals surface area contributed by atoms with Crippen LogP contribution in [-0.2, 0) is 38.1 Å². The Kier molecular flexibility index (Phi) is 6.03. The lowest BCUT2D eigenvalue weighted by Crippen LogP contribution is -2.62. The maximum Gasteiger partial charge on any atom is 0.312 e. The van der Waals surface area contributed by atoms with Crippen LogP contribution >= 0.6 is 0 Å². The Labute approximate surface area is 212 Å². The van der Waals surface area contributed by atoms with Crippen molar-refractivity contribution in [3.8, 4) is 0 Å². The highest BCUT2D eigenvalue weighted by Gasteiger charge is 2.71. The van der Waals surface area contributed by atoms with Gasteiger partial charge in [0.1, 0.15) is 17.8 Å². The van der Waals surface area contributed by atoms with Crippen molar-refractivity contribution in [3.05, 3.63) is 11.6 Å². The van der Waals surface area contributed by atoms with Gasteiger partial charge >= 0.3 is 23.9 Å². The number of fused-ring (bicyclic) bond motifs is 6. The van der Waals surface area contributed by atoms with Crippen molar-refractivity contribution in [2.24, 2.45) is 34.5 Å². The molecule has 5 rings (SSSR count). The average Bonchev–Trinajstić information content (AvgIpc) is 3.31. The Morgan fingerprint density at radius 2 is 1.75 bits per heavy atom. The van der Waals surface area contributed by atoms with Gasteiger partial charge in [-0.3, -0.25) is 19.2 Å². The van der Waals surface area contributed by atoms with Crippen LogP contribution in [-0.4, -0.2) is 48.8 Å². The summed E-state index contributed by atoms with van der Waals surface area (Å²) in [6.07, 6.45) is 6.71. The summed E-state index contributed by atoms with van der Waals surface area (Å²) >= 11 is 0. The Balaban J connectivity index is 1.62. The minimum atomic E-state index is -0.587. The molecule has 0 N–H and O–H groups in total. The molecule has 0 aromatic heterocycles. The average molecular weight is 503 g/mol. The molecule has 5 aliphatic rings. The van der Waals surface area contributed by atoms with Crippen molar-refractivity contribution < 1.29 is 38.1 Å². The van der Waals surface area contributed by atoms with Crippen LogP contribution in [0.15, 0.2) is 11.6 Å². The third-order valence-electron chi connectivity index (χ3n) is 10.5. The van der Waals surface area contributed by atoms with Crippen LogP contribution in [0.1, 0.15) is 79.1 Å². The van der Waals surface area contributed by atoms with Crippen molar-refractivity contribution in [2.45, 2.75) is 96.9 Å². The van der Waals surface area contributed by atoms with Gasteiger partial charge in [0, 0.05) is 38.0 Å². The molecule has 0 radical (unpaired) electrons. The number of carbonyl (C=O) groups excluding carboxylic acids is 4. The molecule has 1 unspecified atom stereocenters. The van der Waals surface area contributed by atoms with Crippen LogP contribution in [0.3, 0.4) is 0 Å². The Hall–Kier alpha value is -2.38. The molecule has 1 spiro atoms. The zero-order valence-electron chi connectivity index (χ0n) is 22.0. The maximum absolute atomic E-state index is 13.3. The van der Waals surface area contributed by atoms with E-state index in [0.29, 0.717) is 25.7 Å². The van der Waals surface area contributed by atoms with Gasteiger partial charge in [0.15, 0.2) is 0 Å². The smallest absolute Gasteiger partial charge is 0.312 e. The van der Waals surface area contributed by atoms with Crippen LogP contribution in [0, 0.1) is 34.5 Å². The monoisotopic (exact) mass is 502 g/mol. The normalized spacial score (nSPS) is 45.0. The van der Waals surface area contributed by atoms with Gasteiger partial charge in [-0.25, -0.2) is 0 Å².